The van der Waals surface area contributed by atoms with Gasteiger partial charge in [-0.05, 0) is 30.7 Å². The molecule has 0 saturated heterocycles. The maximum Gasteiger partial charge on any atom is 0.213 e. The molecule has 0 bridgehead atoms. The van der Waals surface area contributed by atoms with Crippen molar-refractivity contribution in [2.75, 3.05) is 7.05 Å². The van der Waals surface area contributed by atoms with Crippen LogP contribution >= 0.6 is 0 Å². The molecule has 0 saturated carbocycles. The molecule has 1 aromatic rings. The van der Waals surface area contributed by atoms with Crippen molar-refractivity contribution in [2.45, 2.75) is 19.4 Å². The predicted molar refractivity (Wildman–Crippen MR) is 83.3 cm³/mol. The Bertz CT molecular complexity index is 541. The van der Waals surface area contributed by atoms with E-state index < -0.39 is 0 Å². The van der Waals surface area contributed by atoms with Crippen LogP contribution in [-0.4, -0.2) is 13.8 Å². The first-order chi connectivity index (χ1) is 9.85. The molecule has 1 N–H and O–H groups in total. The van der Waals surface area contributed by atoms with Gasteiger partial charge < -0.3 is 10.1 Å². The van der Waals surface area contributed by atoms with Crippen LogP contribution in [0.25, 0.3) is 0 Å². The molecule has 20 heavy (non-hydrogen) atoms. The summed E-state index contributed by atoms with van der Waals surface area (Å²) in [5.74, 6) is 0.672. The van der Waals surface area contributed by atoms with Crippen molar-refractivity contribution in [2.24, 2.45) is 4.99 Å². The summed E-state index contributed by atoms with van der Waals surface area (Å²) in [4.78, 5) is 4.14. The van der Waals surface area contributed by atoms with Crippen LogP contribution in [0.1, 0.15) is 18.4 Å². The molecule has 1 aromatic carbocycles. The Morgan fingerprint density at radius 1 is 1.35 bits per heavy atom. The Labute approximate surface area is 120 Å². The van der Waals surface area contributed by atoms with Gasteiger partial charge in [0.2, 0.25) is 5.88 Å². The fraction of sp³-hybridized carbons (Fsp3) is 0.235. The molecule has 3 nitrogen and oxygen atoms in total. The Balaban J connectivity index is 2.15. The first-order valence-electron chi connectivity index (χ1n) is 6.76. The molecule has 0 fully saturated rings. The van der Waals surface area contributed by atoms with Gasteiger partial charge in [0.1, 0.15) is 12.3 Å². The Morgan fingerprint density at radius 3 is 2.75 bits per heavy atom. The average Bonchev–Trinajstić information content (AvgIpc) is 2.53. The van der Waals surface area contributed by atoms with Crippen molar-refractivity contribution in [1.82, 2.24) is 5.32 Å². The van der Waals surface area contributed by atoms with Gasteiger partial charge in [-0.15, -0.1) is 0 Å². The molecule has 3 heteroatoms. The van der Waals surface area contributed by atoms with E-state index in [4.69, 9.17) is 4.74 Å². The molecular formula is C17H20N2O. The second-order valence-corrected chi connectivity index (χ2v) is 4.52. The number of nitrogens with zero attached hydrogens (tertiary/aromatic N) is 1. The topological polar surface area (TPSA) is 33.6 Å². The Kier molecular flexibility index (Phi) is 5.18. The average molecular weight is 268 g/mol. The van der Waals surface area contributed by atoms with Crippen molar-refractivity contribution in [3.8, 4) is 0 Å². The molecule has 0 heterocycles. The molecule has 104 valence electrons. The van der Waals surface area contributed by atoms with Crippen LogP contribution in [0, 0.1) is 0 Å². The first kappa shape index (κ1) is 14.1. The zero-order chi connectivity index (χ0) is 14.2. The monoisotopic (exact) mass is 268 g/mol. The van der Waals surface area contributed by atoms with E-state index in [0.29, 0.717) is 12.5 Å². The van der Waals surface area contributed by atoms with Crippen molar-refractivity contribution in [3.63, 3.8) is 0 Å². The van der Waals surface area contributed by atoms with E-state index in [0.717, 1.165) is 29.7 Å². The Morgan fingerprint density at radius 2 is 2.15 bits per heavy atom. The van der Waals surface area contributed by atoms with Crippen LogP contribution in [-0.2, 0) is 11.3 Å². The molecule has 0 aromatic heterocycles. The van der Waals surface area contributed by atoms with Gasteiger partial charge in [0.05, 0.1) is 0 Å². The molecule has 0 unspecified atom stereocenters. The maximum atomic E-state index is 5.85. The van der Waals surface area contributed by atoms with Gasteiger partial charge in [0.25, 0.3) is 0 Å². The lowest BCUT2D eigenvalue weighted by atomic mass is 10.0. The highest BCUT2D eigenvalue weighted by atomic mass is 16.5. The highest BCUT2D eigenvalue weighted by molar-refractivity contribution is 5.42. The highest BCUT2D eigenvalue weighted by Gasteiger charge is 2.12. The lowest BCUT2D eigenvalue weighted by Gasteiger charge is -2.16. The third kappa shape index (κ3) is 3.60. The predicted octanol–water partition coefficient (Wildman–Crippen LogP) is 3.57. The van der Waals surface area contributed by atoms with Crippen LogP contribution in [0.5, 0.6) is 0 Å². The third-order valence-electron chi connectivity index (χ3n) is 3.14. The molecule has 0 amide bonds. The largest absolute Gasteiger partial charge is 0.473 e. The second kappa shape index (κ2) is 7.34. The number of rotatable bonds is 6. The van der Waals surface area contributed by atoms with E-state index >= 15 is 0 Å². The van der Waals surface area contributed by atoms with Gasteiger partial charge in [0.15, 0.2) is 0 Å². The van der Waals surface area contributed by atoms with Crippen molar-refractivity contribution in [1.29, 1.82) is 0 Å². The quantitative estimate of drug-likeness (QED) is 0.632. The fourth-order valence-electron chi connectivity index (χ4n) is 2.11. The van der Waals surface area contributed by atoms with Gasteiger partial charge in [0, 0.05) is 7.05 Å². The lowest BCUT2D eigenvalue weighted by molar-refractivity contribution is 0.178. The van der Waals surface area contributed by atoms with E-state index in [1.807, 2.05) is 37.4 Å². The van der Waals surface area contributed by atoms with Gasteiger partial charge in [-0.25, -0.2) is 0 Å². The van der Waals surface area contributed by atoms with Gasteiger partial charge in [-0.1, -0.05) is 48.6 Å². The molecule has 2 rings (SSSR count). The standard InChI is InChI=1S/C17H20N2O/c1-18-16(15-11-7-4-8-12-15)17(19-2)20-13-14-9-5-3-6-10-14/h3-7,9-11,19H,1,8,12-13H2,2H3/b17-16-. The number of nitrogens with one attached hydrogen (secondary N) is 1. The van der Waals surface area contributed by atoms with E-state index in [9.17, 15) is 0 Å². The molecule has 0 spiro atoms. The number of benzene rings is 1. The number of ether oxygens (including phenoxy) is 1. The molecule has 1 aliphatic carbocycles. The van der Waals surface area contributed by atoms with E-state index in [2.05, 4.69) is 35.3 Å². The lowest BCUT2D eigenvalue weighted by Crippen LogP contribution is -2.13. The summed E-state index contributed by atoms with van der Waals surface area (Å²) in [6.45, 7) is 4.18. The van der Waals surface area contributed by atoms with Crippen LogP contribution in [0.2, 0.25) is 0 Å². The van der Waals surface area contributed by atoms with E-state index in [-0.39, 0.29) is 0 Å². The van der Waals surface area contributed by atoms with Crippen LogP contribution in [0.15, 0.2) is 70.7 Å². The van der Waals surface area contributed by atoms with Crippen LogP contribution in [0.4, 0.5) is 0 Å². The minimum atomic E-state index is 0.513. The summed E-state index contributed by atoms with van der Waals surface area (Å²) < 4.78 is 5.85. The third-order valence-corrected chi connectivity index (χ3v) is 3.14. The summed E-state index contributed by atoms with van der Waals surface area (Å²) in [7, 11) is 1.84. The summed E-state index contributed by atoms with van der Waals surface area (Å²) in [6.07, 6.45) is 8.25. The smallest absolute Gasteiger partial charge is 0.213 e. The molecule has 1 aliphatic rings. The number of aliphatic imine (C=N–C) groups is 1. The van der Waals surface area contributed by atoms with Gasteiger partial charge in [-0.2, -0.15) is 0 Å². The van der Waals surface area contributed by atoms with Crippen molar-refractivity contribution >= 4 is 6.72 Å². The van der Waals surface area contributed by atoms with Crippen molar-refractivity contribution in [3.05, 3.63) is 71.3 Å². The zero-order valence-corrected chi connectivity index (χ0v) is 11.8. The molecule has 0 aliphatic heterocycles. The van der Waals surface area contributed by atoms with Crippen LogP contribution in [0.3, 0.4) is 0 Å². The zero-order valence-electron chi connectivity index (χ0n) is 11.8. The summed E-state index contributed by atoms with van der Waals surface area (Å²) in [5.41, 5.74) is 3.08. The van der Waals surface area contributed by atoms with E-state index in [1.165, 1.54) is 0 Å². The maximum absolute atomic E-state index is 5.85. The van der Waals surface area contributed by atoms with Gasteiger partial charge >= 0.3 is 0 Å². The van der Waals surface area contributed by atoms with E-state index in [1.54, 1.807) is 0 Å². The molecule has 0 atom stereocenters. The first-order valence-corrected chi connectivity index (χ1v) is 6.76. The minimum absolute atomic E-state index is 0.513. The second-order valence-electron chi connectivity index (χ2n) is 4.52. The molecular weight excluding hydrogens is 248 g/mol. The number of hydrogen-bond acceptors (Lipinski definition) is 3. The fourth-order valence-corrected chi connectivity index (χ4v) is 2.11. The summed E-state index contributed by atoms with van der Waals surface area (Å²) >= 11 is 0. The highest BCUT2D eigenvalue weighted by Crippen LogP contribution is 2.23. The SMILES string of the molecule is C=N/C(C1=CC=CCC1)=C(/NC)OCc1ccccc1. The van der Waals surface area contributed by atoms with Gasteiger partial charge in [-0.3, -0.25) is 4.99 Å². The minimum Gasteiger partial charge on any atom is -0.473 e. The number of hydrogen-bond donors (Lipinski definition) is 1. The normalized spacial score (nSPS) is 15.2. The summed E-state index contributed by atoms with van der Waals surface area (Å²) in [5, 5.41) is 3.08. The molecule has 0 radical (unpaired) electrons. The Hall–Kier alpha value is -2.29. The van der Waals surface area contributed by atoms with Crippen LogP contribution < -0.4 is 5.32 Å². The number of allylic oxidation sites excluding steroid dienone is 4. The summed E-state index contributed by atoms with van der Waals surface area (Å²) in [6, 6.07) is 10.1. The van der Waals surface area contributed by atoms with Crippen molar-refractivity contribution < 1.29 is 4.74 Å².